The van der Waals surface area contributed by atoms with Crippen LogP contribution in [0.5, 0.6) is 0 Å². The van der Waals surface area contributed by atoms with Gasteiger partial charge in [-0.15, -0.1) is 0 Å². The number of Topliss-reactive ketones (excluding diaryl/α,β-unsaturated/α-hetero) is 1. The summed E-state index contributed by atoms with van der Waals surface area (Å²) in [5.74, 6) is -0.526. The average Bonchev–Trinajstić information content (AvgIpc) is 3.31. The number of aryl methyl sites for hydroxylation is 1. The third-order valence-electron chi connectivity index (χ3n) is 4.49. The molecule has 0 spiro atoms. The van der Waals surface area contributed by atoms with Crippen molar-refractivity contribution in [3.63, 3.8) is 0 Å². The summed E-state index contributed by atoms with van der Waals surface area (Å²) in [4.78, 5) is 17.4. The third-order valence-corrected chi connectivity index (χ3v) is 5.02. The second-order valence-corrected chi connectivity index (χ2v) is 7.13. The van der Waals surface area contributed by atoms with Gasteiger partial charge in [-0.3, -0.25) is 9.78 Å². The zero-order valence-electron chi connectivity index (χ0n) is 13.7. The number of pyridine rings is 1. The number of hydrogen-bond donors (Lipinski definition) is 0. The van der Waals surface area contributed by atoms with Crippen molar-refractivity contribution in [1.82, 2.24) is 4.98 Å². The largest absolute Gasteiger partial charge is 0.361 e. The Labute approximate surface area is 153 Å². The van der Waals surface area contributed by atoms with E-state index in [9.17, 15) is 9.18 Å². The maximum atomic E-state index is 14.7. The number of benzene rings is 2. The maximum absolute atomic E-state index is 14.7. The molecular weight excluding hydrogens is 385 g/mol. The smallest absolute Gasteiger partial charge is 0.196 e. The first-order chi connectivity index (χ1) is 12.0. The molecule has 0 radical (unpaired) electrons. The molecule has 0 aliphatic carbocycles. The number of epoxide rings is 1. The fraction of sp³-hybridized carbons (Fsp3) is 0.200. The van der Waals surface area contributed by atoms with Crippen molar-refractivity contribution in [2.45, 2.75) is 26.1 Å². The average molecular weight is 400 g/mol. The zero-order chi connectivity index (χ0) is 17.7. The lowest BCUT2D eigenvalue weighted by Crippen LogP contribution is -2.14. The van der Waals surface area contributed by atoms with E-state index in [0.29, 0.717) is 27.7 Å². The van der Waals surface area contributed by atoms with Gasteiger partial charge in [0, 0.05) is 21.1 Å². The van der Waals surface area contributed by atoms with Gasteiger partial charge in [0.1, 0.15) is 11.9 Å². The van der Waals surface area contributed by atoms with E-state index in [2.05, 4.69) is 20.9 Å². The number of ether oxygens (including phenoxy) is 1. The van der Waals surface area contributed by atoms with Gasteiger partial charge >= 0.3 is 0 Å². The van der Waals surface area contributed by atoms with E-state index in [1.165, 1.54) is 6.07 Å². The van der Waals surface area contributed by atoms with Gasteiger partial charge < -0.3 is 4.74 Å². The lowest BCUT2D eigenvalue weighted by molar-refractivity contribution is 0.0953. The molecule has 1 aliphatic rings. The minimum atomic E-state index is -0.473. The van der Waals surface area contributed by atoms with Crippen molar-refractivity contribution < 1.29 is 13.9 Å². The fourth-order valence-corrected chi connectivity index (χ4v) is 3.47. The number of rotatable bonds is 3. The van der Waals surface area contributed by atoms with Gasteiger partial charge in [0.05, 0.1) is 17.2 Å². The third kappa shape index (κ3) is 2.77. The normalized spacial score (nSPS) is 19.2. The van der Waals surface area contributed by atoms with Crippen molar-refractivity contribution in [2.24, 2.45) is 0 Å². The molecule has 0 unspecified atom stereocenters. The minimum Gasteiger partial charge on any atom is -0.361 e. The van der Waals surface area contributed by atoms with Crippen LogP contribution in [0.2, 0.25) is 0 Å². The van der Waals surface area contributed by atoms with Crippen LogP contribution in [0, 0.1) is 12.7 Å². The Morgan fingerprint density at radius 2 is 1.88 bits per heavy atom. The van der Waals surface area contributed by atoms with E-state index in [1.54, 1.807) is 19.1 Å². The molecule has 0 saturated carbocycles. The number of nitrogens with zero attached hydrogens (tertiary/aromatic N) is 1. The summed E-state index contributed by atoms with van der Waals surface area (Å²) in [6.07, 6.45) is -0.583. The molecular formula is C20H15BrFNO2. The first-order valence-corrected chi connectivity index (χ1v) is 8.81. The first-order valence-electron chi connectivity index (χ1n) is 8.02. The van der Waals surface area contributed by atoms with Gasteiger partial charge in [-0.1, -0.05) is 34.1 Å². The Bertz CT molecular complexity index is 1000. The Morgan fingerprint density at radius 3 is 2.52 bits per heavy atom. The van der Waals surface area contributed by atoms with Crippen LogP contribution in [0.25, 0.3) is 22.0 Å². The molecule has 4 rings (SSSR count). The fourth-order valence-electron chi connectivity index (χ4n) is 3.21. The molecule has 0 N–H and O–H groups in total. The molecule has 0 bridgehead atoms. The number of fused-ring (bicyclic) bond motifs is 1. The van der Waals surface area contributed by atoms with Crippen LogP contribution in [0.3, 0.4) is 0 Å². The number of carbonyl (C=O) groups excluding carboxylic acids is 1. The highest BCUT2D eigenvalue weighted by molar-refractivity contribution is 9.10. The highest BCUT2D eigenvalue weighted by Crippen LogP contribution is 2.38. The topological polar surface area (TPSA) is 42.5 Å². The molecule has 3 aromatic rings. The predicted molar refractivity (Wildman–Crippen MR) is 98.2 cm³/mol. The molecule has 1 saturated heterocycles. The quantitative estimate of drug-likeness (QED) is 0.455. The molecule has 2 aromatic carbocycles. The number of aromatic nitrogens is 1. The minimum absolute atomic E-state index is 0.110. The molecule has 1 aliphatic heterocycles. The van der Waals surface area contributed by atoms with Crippen LogP contribution in [-0.4, -0.2) is 23.0 Å². The van der Waals surface area contributed by atoms with E-state index < -0.39 is 6.10 Å². The Kier molecular flexibility index (Phi) is 3.93. The van der Waals surface area contributed by atoms with Gasteiger partial charge in [0.2, 0.25) is 0 Å². The summed E-state index contributed by atoms with van der Waals surface area (Å²) in [6.45, 7) is 3.64. The van der Waals surface area contributed by atoms with Gasteiger partial charge in [0.25, 0.3) is 0 Å². The predicted octanol–water partition coefficient (Wildman–Crippen LogP) is 5.08. The molecule has 126 valence electrons. The van der Waals surface area contributed by atoms with Crippen LogP contribution < -0.4 is 0 Å². The molecule has 25 heavy (non-hydrogen) atoms. The summed E-state index contributed by atoms with van der Waals surface area (Å²) < 4.78 is 21.0. The number of hydrogen-bond acceptors (Lipinski definition) is 3. The van der Waals surface area contributed by atoms with Crippen molar-refractivity contribution in [3.05, 3.63) is 64.0 Å². The van der Waals surface area contributed by atoms with Crippen molar-refractivity contribution in [2.75, 3.05) is 0 Å². The second kappa shape index (κ2) is 6.00. The Morgan fingerprint density at radius 1 is 1.20 bits per heavy atom. The summed E-state index contributed by atoms with van der Waals surface area (Å²) in [6, 6.07) is 12.3. The number of halogens is 2. The van der Waals surface area contributed by atoms with Crippen LogP contribution in [-0.2, 0) is 4.74 Å². The SMILES string of the molecule is Cc1nc2cccc(F)c2c(-c2ccc(Br)cc2)c1C(=O)[C@@H]1O[C@H]1C. The monoisotopic (exact) mass is 399 g/mol. The van der Waals surface area contributed by atoms with Crippen LogP contribution in [0.4, 0.5) is 4.39 Å². The van der Waals surface area contributed by atoms with Crippen molar-refractivity contribution >= 4 is 32.6 Å². The maximum Gasteiger partial charge on any atom is 0.196 e. The van der Waals surface area contributed by atoms with E-state index in [4.69, 9.17) is 4.74 Å². The van der Waals surface area contributed by atoms with E-state index in [0.717, 1.165) is 10.0 Å². The number of ketones is 1. The lowest BCUT2D eigenvalue weighted by atomic mass is 9.90. The molecule has 1 aromatic heterocycles. The van der Waals surface area contributed by atoms with Crippen LogP contribution in [0.15, 0.2) is 46.9 Å². The summed E-state index contributed by atoms with van der Waals surface area (Å²) >= 11 is 3.41. The first kappa shape index (κ1) is 16.4. The highest BCUT2D eigenvalue weighted by Gasteiger charge is 2.43. The highest BCUT2D eigenvalue weighted by atomic mass is 79.9. The van der Waals surface area contributed by atoms with Crippen molar-refractivity contribution in [1.29, 1.82) is 0 Å². The van der Waals surface area contributed by atoms with Gasteiger partial charge in [0.15, 0.2) is 5.78 Å². The Balaban J connectivity index is 2.07. The van der Waals surface area contributed by atoms with Crippen LogP contribution in [0.1, 0.15) is 23.0 Å². The molecule has 0 amide bonds. The van der Waals surface area contributed by atoms with Crippen LogP contribution >= 0.6 is 15.9 Å². The van der Waals surface area contributed by atoms with E-state index in [-0.39, 0.29) is 17.7 Å². The second-order valence-electron chi connectivity index (χ2n) is 6.21. The summed E-state index contributed by atoms with van der Waals surface area (Å²) in [7, 11) is 0. The van der Waals surface area contributed by atoms with Gasteiger partial charge in [-0.25, -0.2) is 4.39 Å². The van der Waals surface area contributed by atoms with Gasteiger partial charge in [-0.2, -0.15) is 0 Å². The molecule has 5 heteroatoms. The van der Waals surface area contributed by atoms with E-state index in [1.807, 2.05) is 31.2 Å². The zero-order valence-corrected chi connectivity index (χ0v) is 15.3. The molecule has 1 fully saturated rings. The summed E-state index contributed by atoms with van der Waals surface area (Å²) in [5, 5.41) is 0.368. The molecule has 2 heterocycles. The van der Waals surface area contributed by atoms with Gasteiger partial charge in [-0.05, 0) is 43.7 Å². The molecule has 3 nitrogen and oxygen atoms in total. The Hall–Kier alpha value is -2.11. The van der Waals surface area contributed by atoms with Crippen molar-refractivity contribution in [3.8, 4) is 11.1 Å². The molecule has 2 atom stereocenters. The standard InChI is InChI=1S/C20H15BrFNO2/c1-10-16(19(24)20-11(2)25-20)17(12-6-8-13(21)9-7-12)18-14(22)4-3-5-15(18)23-10/h3-9,11,20H,1-2H3/t11-,20+/m0/s1. The van der Waals surface area contributed by atoms with E-state index >= 15 is 0 Å². The number of carbonyl (C=O) groups is 1. The lowest BCUT2D eigenvalue weighted by Gasteiger charge is -2.15. The summed E-state index contributed by atoms with van der Waals surface area (Å²) in [5.41, 5.74) is 2.93.